The summed E-state index contributed by atoms with van der Waals surface area (Å²) in [5, 5.41) is 3.88. The van der Waals surface area contributed by atoms with E-state index in [-0.39, 0.29) is 5.91 Å². The lowest BCUT2D eigenvalue weighted by atomic mass is 10.2. The minimum absolute atomic E-state index is 0.268. The molecule has 110 valence electrons. The van der Waals surface area contributed by atoms with Gasteiger partial charge >= 0.3 is 0 Å². The van der Waals surface area contributed by atoms with Crippen LogP contribution in [0.5, 0.6) is 5.75 Å². The van der Waals surface area contributed by atoms with E-state index in [9.17, 15) is 4.79 Å². The second kappa shape index (κ2) is 6.83. The molecule has 1 atom stereocenters. The standard InChI is InChI=1S/C16H15Cl2NO2/c1-10-9-12(7-8-13(10)17)21-11(2)16(20)19-15-6-4-3-5-14(15)18/h3-9,11H,1-2H3,(H,19,20)/t11-/m1/s1. The van der Waals surface area contributed by atoms with Gasteiger partial charge in [-0.25, -0.2) is 0 Å². The van der Waals surface area contributed by atoms with Crippen molar-refractivity contribution in [3.05, 3.63) is 58.1 Å². The van der Waals surface area contributed by atoms with E-state index >= 15 is 0 Å². The SMILES string of the molecule is Cc1cc(O[C@H](C)C(=O)Nc2ccccc2Cl)ccc1Cl. The Morgan fingerprint density at radius 2 is 1.86 bits per heavy atom. The molecule has 0 saturated heterocycles. The van der Waals surface area contributed by atoms with Crippen LogP contribution in [0.3, 0.4) is 0 Å². The van der Waals surface area contributed by atoms with Crippen LogP contribution in [0.25, 0.3) is 0 Å². The Hall–Kier alpha value is -1.71. The molecule has 0 heterocycles. The first-order valence-electron chi connectivity index (χ1n) is 6.45. The lowest BCUT2D eigenvalue weighted by molar-refractivity contribution is -0.122. The molecule has 2 aromatic carbocycles. The van der Waals surface area contributed by atoms with Gasteiger partial charge in [0.1, 0.15) is 5.75 Å². The van der Waals surface area contributed by atoms with E-state index in [4.69, 9.17) is 27.9 Å². The fraction of sp³-hybridized carbons (Fsp3) is 0.188. The first-order valence-corrected chi connectivity index (χ1v) is 7.21. The number of carbonyl (C=O) groups is 1. The number of nitrogens with one attached hydrogen (secondary N) is 1. The van der Waals surface area contributed by atoms with Gasteiger partial charge in [0.2, 0.25) is 0 Å². The molecule has 0 aliphatic rings. The predicted molar refractivity (Wildman–Crippen MR) is 86.4 cm³/mol. The van der Waals surface area contributed by atoms with Crippen LogP contribution in [0, 0.1) is 6.92 Å². The molecule has 0 aromatic heterocycles. The van der Waals surface area contributed by atoms with Gasteiger partial charge in [-0.05, 0) is 49.7 Å². The summed E-state index contributed by atoms with van der Waals surface area (Å²) < 4.78 is 5.61. The van der Waals surface area contributed by atoms with Crippen molar-refractivity contribution >= 4 is 34.8 Å². The third-order valence-electron chi connectivity index (χ3n) is 2.94. The zero-order chi connectivity index (χ0) is 15.4. The molecule has 1 amide bonds. The molecule has 0 aliphatic carbocycles. The Morgan fingerprint density at radius 1 is 1.14 bits per heavy atom. The molecule has 0 bridgehead atoms. The lowest BCUT2D eigenvalue weighted by Gasteiger charge is -2.16. The molecular formula is C16H15Cl2NO2. The predicted octanol–water partition coefficient (Wildman–Crippen LogP) is 4.71. The topological polar surface area (TPSA) is 38.3 Å². The number of carbonyl (C=O) groups excluding carboxylic acids is 1. The molecule has 1 N–H and O–H groups in total. The highest BCUT2D eigenvalue weighted by Crippen LogP contribution is 2.23. The van der Waals surface area contributed by atoms with Crippen LogP contribution in [0.4, 0.5) is 5.69 Å². The third kappa shape index (κ3) is 4.13. The summed E-state index contributed by atoms with van der Waals surface area (Å²) in [6.45, 7) is 3.56. The maximum atomic E-state index is 12.1. The van der Waals surface area contributed by atoms with E-state index < -0.39 is 6.10 Å². The minimum Gasteiger partial charge on any atom is -0.481 e. The average Bonchev–Trinajstić information content (AvgIpc) is 2.45. The van der Waals surface area contributed by atoms with E-state index in [1.54, 1.807) is 49.4 Å². The number of halogens is 2. The number of amides is 1. The van der Waals surface area contributed by atoms with E-state index in [2.05, 4.69) is 5.32 Å². The molecular weight excluding hydrogens is 309 g/mol. The van der Waals surface area contributed by atoms with Gasteiger partial charge < -0.3 is 10.1 Å². The van der Waals surface area contributed by atoms with Crippen molar-refractivity contribution < 1.29 is 9.53 Å². The number of ether oxygens (including phenoxy) is 1. The van der Waals surface area contributed by atoms with Crippen molar-refractivity contribution in [1.82, 2.24) is 0 Å². The zero-order valence-electron chi connectivity index (χ0n) is 11.7. The molecule has 0 unspecified atom stereocenters. The van der Waals surface area contributed by atoms with E-state index in [0.717, 1.165) is 5.56 Å². The first kappa shape index (κ1) is 15.7. The fourth-order valence-electron chi connectivity index (χ4n) is 1.75. The van der Waals surface area contributed by atoms with Gasteiger partial charge in [0.05, 0.1) is 10.7 Å². The van der Waals surface area contributed by atoms with Crippen LogP contribution < -0.4 is 10.1 Å². The van der Waals surface area contributed by atoms with Gasteiger partial charge in [0.25, 0.3) is 5.91 Å². The lowest BCUT2D eigenvalue weighted by Crippen LogP contribution is -2.30. The summed E-state index contributed by atoms with van der Waals surface area (Å²) in [6, 6.07) is 12.3. The molecule has 0 spiro atoms. The highest BCUT2D eigenvalue weighted by atomic mass is 35.5. The second-order valence-corrected chi connectivity index (χ2v) is 5.45. The van der Waals surface area contributed by atoms with E-state index in [1.165, 1.54) is 0 Å². The summed E-state index contributed by atoms with van der Waals surface area (Å²) >= 11 is 12.0. The molecule has 2 rings (SSSR count). The number of anilines is 1. The van der Waals surface area contributed by atoms with Crippen molar-refractivity contribution in [2.75, 3.05) is 5.32 Å². The van der Waals surface area contributed by atoms with Gasteiger partial charge in [0.15, 0.2) is 6.10 Å². The summed E-state index contributed by atoms with van der Waals surface area (Å²) in [4.78, 5) is 12.1. The Balaban J connectivity index is 2.02. The van der Waals surface area contributed by atoms with Gasteiger partial charge in [-0.3, -0.25) is 4.79 Å². The van der Waals surface area contributed by atoms with Crippen LogP contribution in [0.2, 0.25) is 10.0 Å². The number of hydrogen-bond donors (Lipinski definition) is 1. The molecule has 0 radical (unpaired) electrons. The third-order valence-corrected chi connectivity index (χ3v) is 3.70. The summed E-state index contributed by atoms with van der Waals surface area (Å²) in [7, 11) is 0. The Morgan fingerprint density at radius 3 is 2.52 bits per heavy atom. The maximum absolute atomic E-state index is 12.1. The molecule has 2 aromatic rings. The molecule has 0 saturated carbocycles. The Bertz CT molecular complexity index is 658. The normalized spacial score (nSPS) is 11.8. The second-order valence-electron chi connectivity index (χ2n) is 4.64. The summed E-state index contributed by atoms with van der Waals surface area (Å²) in [6.07, 6.45) is -0.651. The number of rotatable bonds is 4. The van der Waals surface area contributed by atoms with Gasteiger partial charge in [-0.15, -0.1) is 0 Å². The number of hydrogen-bond acceptors (Lipinski definition) is 2. The van der Waals surface area contributed by atoms with Crippen LogP contribution in [0.15, 0.2) is 42.5 Å². The van der Waals surface area contributed by atoms with E-state index in [0.29, 0.717) is 21.5 Å². The number of benzene rings is 2. The molecule has 5 heteroatoms. The number of para-hydroxylation sites is 1. The smallest absolute Gasteiger partial charge is 0.265 e. The molecule has 0 fully saturated rings. The van der Waals surface area contributed by atoms with Crippen molar-refractivity contribution in [3.63, 3.8) is 0 Å². The van der Waals surface area contributed by atoms with Crippen LogP contribution >= 0.6 is 23.2 Å². The van der Waals surface area contributed by atoms with Crippen molar-refractivity contribution in [2.24, 2.45) is 0 Å². The van der Waals surface area contributed by atoms with Crippen molar-refractivity contribution in [1.29, 1.82) is 0 Å². The molecule has 3 nitrogen and oxygen atoms in total. The van der Waals surface area contributed by atoms with Crippen molar-refractivity contribution in [2.45, 2.75) is 20.0 Å². The zero-order valence-corrected chi connectivity index (χ0v) is 13.2. The average molecular weight is 324 g/mol. The summed E-state index contributed by atoms with van der Waals surface area (Å²) in [5.41, 5.74) is 1.46. The molecule has 21 heavy (non-hydrogen) atoms. The van der Waals surface area contributed by atoms with Crippen LogP contribution in [-0.4, -0.2) is 12.0 Å². The Labute approximate surface area is 133 Å². The quantitative estimate of drug-likeness (QED) is 0.885. The van der Waals surface area contributed by atoms with Crippen molar-refractivity contribution in [3.8, 4) is 5.75 Å². The van der Waals surface area contributed by atoms with Gasteiger partial charge in [0, 0.05) is 5.02 Å². The van der Waals surface area contributed by atoms with E-state index in [1.807, 2.05) is 6.92 Å². The fourth-order valence-corrected chi connectivity index (χ4v) is 2.05. The van der Waals surface area contributed by atoms with Gasteiger partial charge in [-0.1, -0.05) is 35.3 Å². The largest absolute Gasteiger partial charge is 0.481 e. The maximum Gasteiger partial charge on any atom is 0.265 e. The number of aryl methyl sites for hydroxylation is 1. The van der Waals surface area contributed by atoms with Gasteiger partial charge in [-0.2, -0.15) is 0 Å². The first-order chi connectivity index (χ1) is 9.97. The monoisotopic (exact) mass is 323 g/mol. The van der Waals surface area contributed by atoms with Crippen LogP contribution in [0.1, 0.15) is 12.5 Å². The highest BCUT2D eigenvalue weighted by Gasteiger charge is 2.16. The Kier molecular flexibility index (Phi) is 5.10. The highest BCUT2D eigenvalue weighted by molar-refractivity contribution is 6.33. The minimum atomic E-state index is -0.651. The molecule has 0 aliphatic heterocycles. The van der Waals surface area contributed by atoms with Crippen LogP contribution in [-0.2, 0) is 4.79 Å². The summed E-state index contributed by atoms with van der Waals surface area (Å²) in [5.74, 6) is 0.328.